The van der Waals surface area contributed by atoms with Gasteiger partial charge < -0.3 is 9.26 Å². The standard InChI is InChI=1S/C17H22N2O5S/c1-6-16(20)15-9-14(24-18-15)10-19(4)25(21,22)17-11(2)7-13(23-5)8-12(17)3/h7-9H,6,10H2,1-5H3. The van der Waals surface area contributed by atoms with Crippen molar-refractivity contribution in [2.75, 3.05) is 14.2 Å². The van der Waals surface area contributed by atoms with Gasteiger partial charge in [-0.05, 0) is 37.1 Å². The van der Waals surface area contributed by atoms with Crippen LogP contribution in [0.2, 0.25) is 0 Å². The molecule has 0 saturated carbocycles. The molecule has 0 atom stereocenters. The summed E-state index contributed by atoms with van der Waals surface area (Å²) in [5.74, 6) is 0.767. The topological polar surface area (TPSA) is 89.7 Å². The molecule has 0 aliphatic carbocycles. The van der Waals surface area contributed by atoms with Gasteiger partial charge in [-0.25, -0.2) is 8.42 Å². The molecule has 0 saturated heterocycles. The molecule has 136 valence electrons. The van der Waals surface area contributed by atoms with E-state index in [9.17, 15) is 13.2 Å². The number of ether oxygens (including phenoxy) is 1. The average molecular weight is 366 g/mol. The first-order valence-electron chi connectivity index (χ1n) is 7.81. The van der Waals surface area contributed by atoms with Crippen LogP contribution in [0.4, 0.5) is 0 Å². The summed E-state index contributed by atoms with van der Waals surface area (Å²) in [7, 11) is -0.739. The first kappa shape index (κ1) is 19.1. The van der Waals surface area contributed by atoms with Crippen LogP contribution in [0.1, 0.15) is 40.7 Å². The first-order valence-corrected chi connectivity index (χ1v) is 9.25. The van der Waals surface area contributed by atoms with E-state index in [1.165, 1.54) is 24.5 Å². The van der Waals surface area contributed by atoms with Crippen LogP contribution >= 0.6 is 0 Å². The maximum absolute atomic E-state index is 12.9. The fourth-order valence-corrected chi connectivity index (χ4v) is 4.14. The summed E-state index contributed by atoms with van der Waals surface area (Å²) in [5.41, 5.74) is 1.41. The summed E-state index contributed by atoms with van der Waals surface area (Å²) in [6, 6.07) is 4.84. The third-order valence-corrected chi connectivity index (χ3v) is 5.99. The maximum Gasteiger partial charge on any atom is 0.243 e. The number of nitrogens with zero attached hydrogens (tertiary/aromatic N) is 2. The molecule has 0 spiro atoms. The van der Waals surface area contributed by atoms with Crippen LogP contribution in [-0.2, 0) is 16.6 Å². The van der Waals surface area contributed by atoms with E-state index < -0.39 is 10.0 Å². The molecule has 0 fully saturated rings. The Hall–Kier alpha value is -2.19. The summed E-state index contributed by atoms with van der Waals surface area (Å²) in [6.07, 6.45) is 0.310. The molecule has 2 rings (SSSR count). The smallest absolute Gasteiger partial charge is 0.243 e. The highest BCUT2D eigenvalue weighted by Gasteiger charge is 2.27. The predicted octanol–water partition coefficient (Wildman–Crippen LogP) is 2.71. The first-order chi connectivity index (χ1) is 11.7. The molecule has 0 aliphatic heterocycles. The Kier molecular flexibility index (Phi) is 5.64. The van der Waals surface area contributed by atoms with Gasteiger partial charge in [0.1, 0.15) is 11.4 Å². The number of sulfonamides is 1. The second-order valence-corrected chi connectivity index (χ2v) is 7.79. The lowest BCUT2D eigenvalue weighted by molar-refractivity contribution is 0.0979. The maximum atomic E-state index is 12.9. The molecule has 0 unspecified atom stereocenters. The average Bonchev–Trinajstić information content (AvgIpc) is 3.01. The predicted molar refractivity (Wildman–Crippen MR) is 92.2 cm³/mol. The fraction of sp³-hybridized carbons (Fsp3) is 0.412. The number of Topliss-reactive ketones (excluding diaryl/α,β-unsaturated/α-hetero) is 1. The second kappa shape index (κ2) is 7.37. The molecule has 1 aromatic carbocycles. The van der Waals surface area contributed by atoms with Gasteiger partial charge >= 0.3 is 0 Å². The SMILES string of the molecule is CCC(=O)c1cc(CN(C)S(=O)(=O)c2c(C)cc(OC)cc2C)on1. The van der Waals surface area contributed by atoms with Gasteiger partial charge in [-0.15, -0.1) is 0 Å². The number of hydrogen-bond donors (Lipinski definition) is 0. The Morgan fingerprint density at radius 1 is 1.24 bits per heavy atom. The lowest BCUT2D eigenvalue weighted by Gasteiger charge is -2.19. The van der Waals surface area contributed by atoms with E-state index in [2.05, 4.69) is 5.16 Å². The molecule has 0 aliphatic rings. The minimum absolute atomic E-state index is 0.0166. The third kappa shape index (κ3) is 3.91. The normalized spacial score (nSPS) is 11.8. The van der Waals surface area contributed by atoms with Crippen LogP contribution in [0.15, 0.2) is 27.6 Å². The molecule has 0 amide bonds. The van der Waals surface area contributed by atoms with Gasteiger partial charge in [0, 0.05) is 19.5 Å². The van der Waals surface area contributed by atoms with Crippen molar-refractivity contribution in [3.8, 4) is 5.75 Å². The molecule has 2 aromatic rings. The van der Waals surface area contributed by atoms with Gasteiger partial charge in [0.05, 0.1) is 18.6 Å². The zero-order chi connectivity index (χ0) is 18.8. The Bertz CT molecular complexity index is 863. The second-order valence-electron chi connectivity index (χ2n) is 5.81. The van der Waals surface area contributed by atoms with Crippen LogP contribution in [0, 0.1) is 13.8 Å². The highest BCUT2D eigenvalue weighted by atomic mass is 32.2. The molecule has 1 aromatic heterocycles. The molecular formula is C17H22N2O5S. The number of carbonyl (C=O) groups is 1. The van der Waals surface area contributed by atoms with Gasteiger partial charge in [-0.2, -0.15) is 4.31 Å². The number of carbonyl (C=O) groups excluding carboxylic acids is 1. The van der Waals surface area contributed by atoms with Crippen LogP contribution in [0.25, 0.3) is 0 Å². The van der Waals surface area contributed by atoms with Crippen molar-refractivity contribution < 1.29 is 22.5 Å². The lowest BCUT2D eigenvalue weighted by Crippen LogP contribution is -2.27. The van der Waals surface area contributed by atoms with Gasteiger partial charge in [0.15, 0.2) is 11.5 Å². The molecule has 0 bridgehead atoms. The zero-order valence-electron chi connectivity index (χ0n) is 15.0. The van der Waals surface area contributed by atoms with E-state index >= 15 is 0 Å². The fourth-order valence-electron chi connectivity index (χ4n) is 2.60. The number of ketones is 1. The van der Waals surface area contributed by atoms with E-state index in [1.807, 2.05) is 0 Å². The van der Waals surface area contributed by atoms with Crippen LogP contribution < -0.4 is 4.74 Å². The number of methoxy groups -OCH3 is 1. The van der Waals surface area contributed by atoms with Crippen LogP contribution in [-0.4, -0.2) is 37.8 Å². The summed E-state index contributed by atoms with van der Waals surface area (Å²) in [6.45, 7) is 5.16. The highest BCUT2D eigenvalue weighted by Crippen LogP contribution is 2.28. The Morgan fingerprint density at radius 2 is 1.84 bits per heavy atom. The number of rotatable bonds is 7. The summed E-state index contributed by atoms with van der Waals surface area (Å²) < 4.78 is 37.3. The number of benzene rings is 1. The van der Waals surface area contributed by atoms with Crippen molar-refractivity contribution in [1.82, 2.24) is 9.46 Å². The minimum Gasteiger partial charge on any atom is -0.497 e. The van der Waals surface area contributed by atoms with Gasteiger partial charge in [0.25, 0.3) is 0 Å². The number of aryl methyl sites for hydroxylation is 2. The van der Waals surface area contributed by atoms with Crippen molar-refractivity contribution in [3.63, 3.8) is 0 Å². The van der Waals surface area contributed by atoms with E-state index in [4.69, 9.17) is 9.26 Å². The van der Waals surface area contributed by atoms with E-state index in [0.29, 0.717) is 29.1 Å². The van der Waals surface area contributed by atoms with Crippen molar-refractivity contribution in [2.45, 2.75) is 38.6 Å². The van der Waals surface area contributed by atoms with Crippen molar-refractivity contribution in [3.05, 3.63) is 40.8 Å². The Morgan fingerprint density at radius 3 is 2.36 bits per heavy atom. The van der Waals surface area contributed by atoms with Gasteiger partial charge in [0.2, 0.25) is 10.0 Å². The zero-order valence-corrected chi connectivity index (χ0v) is 15.8. The molecule has 0 radical (unpaired) electrons. The Balaban J connectivity index is 2.31. The third-order valence-electron chi connectivity index (χ3n) is 3.88. The quantitative estimate of drug-likeness (QED) is 0.700. The molecular weight excluding hydrogens is 344 g/mol. The Labute approximate surface area is 147 Å². The summed E-state index contributed by atoms with van der Waals surface area (Å²) in [5, 5.41) is 3.69. The summed E-state index contributed by atoms with van der Waals surface area (Å²) >= 11 is 0. The molecule has 0 N–H and O–H groups in total. The number of aromatic nitrogens is 1. The van der Waals surface area contributed by atoms with Crippen molar-refractivity contribution in [2.24, 2.45) is 0 Å². The van der Waals surface area contributed by atoms with Crippen LogP contribution in [0.5, 0.6) is 5.75 Å². The molecule has 8 heteroatoms. The molecule has 1 heterocycles. The van der Waals surface area contributed by atoms with E-state index in [0.717, 1.165) is 0 Å². The largest absolute Gasteiger partial charge is 0.497 e. The van der Waals surface area contributed by atoms with E-state index in [-0.39, 0.29) is 22.9 Å². The van der Waals surface area contributed by atoms with E-state index in [1.54, 1.807) is 32.9 Å². The van der Waals surface area contributed by atoms with Crippen molar-refractivity contribution >= 4 is 15.8 Å². The highest BCUT2D eigenvalue weighted by molar-refractivity contribution is 7.89. The van der Waals surface area contributed by atoms with Gasteiger partial charge in [-0.1, -0.05) is 12.1 Å². The number of hydrogen-bond acceptors (Lipinski definition) is 6. The minimum atomic E-state index is -3.73. The molecule has 25 heavy (non-hydrogen) atoms. The van der Waals surface area contributed by atoms with Crippen molar-refractivity contribution in [1.29, 1.82) is 0 Å². The monoisotopic (exact) mass is 366 g/mol. The summed E-state index contributed by atoms with van der Waals surface area (Å²) in [4.78, 5) is 11.9. The molecule has 7 nitrogen and oxygen atoms in total. The van der Waals surface area contributed by atoms with Crippen LogP contribution in [0.3, 0.4) is 0 Å². The lowest BCUT2D eigenvalue weighted by atomic mass is 10.1. The van der Waals surface area contributed by atoms with Gasteiger partial charge in [-0.3, -0.25) is 4.79 Å².